The average molecular weight is 301 g/mol. The number of hydrogen-bond donors (Lipinski definition) is 0. The molecule has 0 aliphatic carbocycles. The van der Waals surface area contributed by atoms with Crippen LogP contribution >= 0.6 is 0 Å². The molecular formula is C18H27N3O. The maximum atomic E-state index is 6.20. The van der Waals surface area contributed by atoms with Gasteiger partial charge in [-0.05, 0) is 32.1 Å². The van der Waals surface area contributed by atoms with Crippen molar-refractivity contribution in [3.63, 3.8) is 0 Å². The van der Waals surface area contributed by atoms with Gasteiger partial charge in [-0.15, -0.1) is 0 Å². The van der Waals surface area contributed by atoms with Gasteiger partial charge in [0.2, 0.25) is 0 Å². The van der Waals surface area contributed by atoms with E-state index < -0.39 is 0 Å². The zero-order valence-electron chi connectivity index (χ0n) is 13.9. The van der Waals surface area contributed by atoms with Crippen molar-refractivity contribution >= 4 is 0 Å². The molecule has 0 fully saturated rings. The maximum absolute atomic E-state index is 6.20. The van der Waals surface area contributed by atoms with Crippen LogP contribution in [0.5, 0.6) is 0 Å². The van der Waals surface area contributed by atoms with Gasteiger partial charge in [0, 0.05) is 19.3 Å². The van der Waals surface area contributed by atoms with E-state index in [-0.39, 0.29) is 6.10 Å². The van der Waals surface area contributed by atoms with E-state index in [4.69, 9.17) is 4.74 Å². The lowest BCUT2D eigenvalue weighted by atomic mass is 10.1. The first kappa shape index (κ1) is 16.7. The molecule has 0 amide bonds. The monoisotopic (exact) mass is 301 g/mol. The molecule has 2 rings (SSSR count). The Morgan fingerprint density at radius 3 is 2.64 bits per heavy atom. The molecule has 22 heavy (non-hydrogen) atoms. The first-order chi connectivity index (χ1) is 10.7. The van der Waals surface area contributed by atoms with Crippen LogP contribution < -0.4 is 0 Å². The molecule has 4 nitrogen and oxygen atoms in total. The predicted molar refractivity (Wildman–Crippen MR) is 89.9 cm³/mol. The first-order valence-corrected chi connectivity index (χ1v) is 8.05. The molecule has 0 bridgehead atoms. The van der Waals surface area contributed by atoms with Crippen LogP contribution in [0, 0.1) is 0 Å². The van der Waals surface area contributed by atoms with E-state index in [9.17, 15) is 0 Å². The van der Waals surface area contributed by atoms with Crippen molar-refractivity contribution in [2.75, 3.05) is 27.2 Å². The fourth-order valence-electron chi connectivity index (χ4n) is 2.39. The van der Waals surface area contributed by atoms with Gasteiger partial charge in [-0.2, -0.15) is 5.10 Å². The van der Waals surface area contributed by atoms with Crippen LogP contribution in [-0.4, -0.2) is 41.9 Å². The third-order valence-electron chi connectivity index (χ3n) is 3.67. The Balaban J connectivity index is 2.18. The lowest BCUT2D eigenvalue weighted by Gasteiger charge is -2.21. The van der Waals surface area contributed by atoms with Crippen molar-refractivity contribution in [1.29, 1.82) is 0 Å². The van der Waals surface area contributed by atoms with Gasteiger partial charge >= 0.3 is 0 Å². The summed E-state index contributed by atoms with van der Waals surface area (Å²) >= 11 is 0. The molecule has 1 heterocycles. The Labute approximate surface area is 133 Å². The van der Waals surface area contributed by atoms with Gasteiger partial charge < -0.3 is 9.64 Å². The molecular weight excluding hydrogens is 274 g/mol. The summed E-state index contributed by atoms with van der Waals surface area (Å²) in [7, 11) is 4.12. The minimum absolute atomic E-state index is 0.0551. The van der Waals surface area contributed by atoms with E-state index in [0.29, 0.717) is 6.61 Å². The number of unbranched alkanes of at least 4 members (excludes halogenated alkanes) is 1. The molecule has 120 valence electrons. The summed E-state index contributed by atoms with van der Waals surface area (Å²) in [5.74, 6) is 0. The summed E-state index contributed by atoms with van der Waals surface area (Å²) in [4.78, 5) is 2.14. The van der Waals surface area contributed by atoms with Crippen molar-refractivity contribution in [1.82, 2.24) is 14.7 Å². The van der Waals surface area contributed by atoms with E-state index >= 15 is 0 Å². The third-order valence-corrected chi connectivity index (χ3v) is 3.67. The summed E-state index contributed by atoms with van der Waals surface area (Å²) in [6.07, 6.45) is 4.11. The number of nitrogens with zero attached hydrogens (tertiary/aromatic N) is 3. The smallest absolute Gasteiger partial charge is 0.124 e. The molecule has 0 N–H and O–H groups in total. The van der Waals surface area contributed by atoms with Crippen molar-refractivity contribution < 1.29 is 4.74 Å². The molecule has 4 heteroatoms. The van der Waals surface area contributed by atoms with E-state index in [1.165, 1.54) is 5.56 Å². The van der Waals surface area contributed by atoms with Crippen molar-refractivity contribution in [2.24, 2.45) is 0 Å². The van der Waals surface area contributed by atoms with Crippen LogP contribution in [0.2, 0.25) is 0 Å². The van der Waals surface area contributed by atoms with Crippen LogP contribution in [0.3, 0.4) is 0 Å². The Bertz CT molecular complexity index is 536. The highest BCUT2D eigenvalue weighted by atomic mass is 16.5. The number of hydrogen-bond acceptors (Lipinski definition) is 3. The zero-order valence-corrected chi connectivity index (χ0v) is 13.9. The minimum Gasteiger partial charge on any atom is -0.366 e. The number of benzene rings is 1. The second kappa shape index (κ2) is 8.71. The molecule has 0 aliphatic rings. The standard InChI is InChI=1S/C18H27N3O/c1-4-5-13-21-17(11-12-19-21)18(22-15-14-20(2)3)16-9-7-6-8-10-16/h6-12,18H,4-5,13-15H2,1-3H3. The fourth-order valence-corrected chi connectivity index (χ4v) is 2.39. The average Bonchev–Trinajstić information content (AvgIpc) is 2.98. The normalized spacial score (nSPS) is 12.7. The number of aromatic nitrogens is 2. The first-order valence-electron chi connectivity index (χ1n) is 8.05. The number of likely N-dealkylation sites (N-methyl/N-ethyl adjacent to an activating group) is 1. The highest BCUT2D eigenvalue weighted by Crippen LogP contribution is 2.26. The van der Waals surface area contributed by atoms with Gasteiger partial charge in [0.15, 0.2) is 0 Å². The third kappa shape index (κ3) is 4.68. The molecule has 0 aliphatic heterocycles. The van der Waals surface area contributed by atoms with Crippen molar-refractivity contribution in [3.05, 3.63) is 53.9 Å². The summed E-state index contributed by atoms with van der Waals surface area (Å²) in [5, 5.41) is 4.47. The van der Waals surface area contributed by atoms with Gasteiger partial charge in [-0.25, -0.2) is 0 Å². The van der Waals surface area contributed by atoms with E-state index in [0.717, 1.165) is 31.6 Å². The zero-order chi connectivity index (χ0) is 15.8. The molecule has 1 unspecified atom stereocenters. The largest absolute Gasteiger partial charge is 0.366 e. The second-order valence-electron chi connectivity index (χ2n) is 5.80. The van der Waals surface area contributed by atoms with Crippen molar-refractivity contribution in [3.8, 4) is 0 Å². The minimum atomic E-state index is -0.0551. The van der Waals surface area contributed by atoms with E-state index in [1.54, 1.807) is 0 Å². The summed E-state index contributed by atoms with van der Waals surface area (Å²) < 4.78 is 8.28. The van der Waals surface area contributed by atoms with Gasteiger partial charge in [-0.1, -0.05) is 43.7 Å². The summed E-state index contributed by atoms with van der Waals surface area (Å²) in [5.41, 5.74) is 2.32. The van der Waals surface area contributed by atoms with E-state index in [1.807, 2.05) is 12.3 Å². The SMILES string of the molecule is CCCCn1nccc1C(OCCN(C)C)c1ccccc1. The Kier molecular flexibility index (Phi) is 6.62. The molecule has 0 saturated heterocycles. The van der Waals surface area contributed by atoms with Crippen LogP contribution in [-0.2, 0) is 11.3 Å². The number of aryl methyl sites for hydroxylation is 1. The highest BCUT2D eigenvalue weighted by Gasteiger charge is 2.19. The maximum Gasteiger partial charge on any atom is 0.124 e. The molecule has 2 aromatic rings. The molecule has 1 aromatic carbocycles. The Hall–Kier alpha value is -1.65. The predicted octanol–water partition coefficient (Wildman–Crippen LogP) is 3.35. The summed E-state index contributed by atoms with van der Waals surface area (Å²) in [6.45, 7) is 4.75. The Morgan fingerprint density at radius 2 is 1.95 bits per heavy atom. The Morgan fingerprint density at radius 1 is 1.18 bits per heavy atom. The fraction of sp³-hybridized carbons (Fsp3) is 0.500. The number of rotatable bonds is 9. The van der Waals surface area contributed by atoms with E-state index in [2.05, 4.69) is 66.0 Å². The van der Waals surface area contributed by atoms with Crippen molar-refractivity contribution in [2.45, 2.75) is 32.4 Å². The van der Waals surface area contributed by atoms with Crippen LogP contribution in [0.4, 0.5) is 0 Å². The topological polar surface area (TPSA) is 30.3 Å². The van der Waals surface area contributed by atoms with Gasteiger partial charge in [-0.3, -0.25) is 4.68 Å². The molecule has 0 radical (unpaired) electrons. The quantitative estimate of drug-likeness (QED) is 0.711. The molecule has 0 spiro atoms. The van der Waals surface area contributed by atoms with Gasteiger partial charge in [0.05, 0.1) is 12.3 Å². The van der Waals surface area contributed by atoms with Crippen LogP contribution in [0.15, 0.2) is 42.6 Å². The van der Waals surface area contributed by atoms with Crippen LogP contribution in [0.1, 0.15) is 37.1 Å². The second-order valence-corrected chi connectivity index (χ2v) is 5.80. The summed E-state index contributed by atoms with van der Waals surface area (Å²) in [6, 6.07) is 12.5. The lowest BCUT2D eigenvalue weighted by molar-refractivity contribution is 0.0631. The van der Waals surface area contributed by atoms with Crippen LogP contribution in [0.25, 0.3) is 0 Å². The van der Waals surface area contributed by atoms with Gasteiger partial charge in [0.1, 0.15) is 6.10 Å². The molecule has 1 atom stereocenters. The highest BCUT2D eigenvalue weighted by molar-refractivity contribution is 5.25. The molecule has 0 saturated carbocycles. The van der Waals surface area contributed by atoms with Gasteiger partial charge in [0.25, 0.3) is 0 Å². The number of ether oxygens (including phenoxy) is 1. The molecule has 1 aromatic heterocycles. The lowest BCUT2D eigenvalue weighted by Crippen LogP contribution is -2.21.